The minimum Gasteiger partial charge on any atom is -0.497 e. The van der Waals surface area contributed by atoms with E-state index in [1.807, 2.05) is 59.5 Å². The van der Waals surface area contributed by atoms with Gasteiger partial charge in [-0.3, -0.25) is 9.69 Å². The van der Waals surface area contributed by atoms with Gasteiger partial charge in [0.25, 0.3) is 0 Å². The molecule has 0 N–H and O–H groups in total. The number of amides is 2. The summed E-state index contributed by atoms with van der Waals surface area (Å²) in [7, 11) is 3.39. The molecule has 1 fully saturated rings. The Kier molecular flexibility index (Phi) is 6.73. The van der Waals surface area contributed by atoms with E-state index in [1.54, 1.807) is 19.1 Å². The van der Waals surface area contributed by atoms with Gasteiger partial charge in [0.05, 0.1) is 11.9 Å². The number of rotatable bonds is 4. The van der Waals surface area contributed by atoms with Crippen LogP contribution in [-0.2, 0) is 4.79 Å². The summed E-state index contributed by atoms with van der Waals surface area (Å²) in [6, 6.07) is 7.36. The van der Waals surface area contributed by atoms with Gasteiger partial charge in [-0.1, -0.05) is 46.3 Å². The Hall–Kier alpha value is -2.34. The van der Waals surface area contributed by atoms with Crippen molar-refractivity contribution in [1.29, 1.82) is 0 Å². The van der Waals surface area contributed by atoms with Crippen LogP contribution in [-0.4, -0.2) is 48.8 Å². The number of halogens is 1. The lowest BCUT2D eigenvalue weighted by Crippen LogP contribution is -2.46. The molecule has 1 heterocycles. The van der Waals surface area contributed by atoms with Crippen LogP contribution in [0.2, 0.25) is 0 Å². The first-order valence-corrected chi connectivity index (χ1v) is 10.3. The van der Waals surface area contributed by atoms with E-state index in [0.717, 1.165) is 17.0 Å². The summed E-state index contributed by atoms with van der Waals surface area (Å²) in [5.74, 6) is 0.886. The lowest BCUT2D eigenvalue weighted by Gasteiger charge is -2.34. The Morgan fingerprint density at radius 3 is 2.46 bits per heavy atom. The van der Waals surface area contributed by atoms with Crippen molar-refractivity contribution < 1.29 is 14.3 Å². The fraction of sp³-hybridized carbons (Fsp3) is 0.364. The number of ketones is 1. The summed E-state index contributed by atoms with van der Waals surface area (Å²) >= 11 is 3.50. The van der Waals surface area contributed by atoms with Crippen molar-refractivity contribution in [2.24, 2.45) is 5.92 Å². The largest absolute Gasteiger partial charge is 0.497 e. The van der Waals surface area contributed by atoms with Crippen LogP contribution < -0.4 is 9.64 Å². The molecule has 1 aromatic rings. The smallest absolute Gasteiger partial charge is 0.324 e. The third-order valence-electron chi connectivity index (χ3n) is 5.20. The number of alkyl halides is 1. The van der Waals surface area contributed by atoms with Crippen LogP contribution in [0.1, 0.15) is 12.8 Å². The van der Waals surface area contributed by atoms with E-state index >= 15 is 0 Å². The number of methoxy groups -OCH3 is 1. The molecule has 6 heteroatoms. The van der Waals surface area contributed by atoms with Crippen LogP contribution in [0.25, 0.3) is 0 Å². The Balaban J connectivity index is 1.57. The van der Waals surface area contributed by atoms with Gasteiger partial charge >= 0.3 is 6.03 Å². The number of hydrogen-bond donors (Lipinski definition) is 0. The Labute approximate surface area is 174 Å². The Bertz CT molecular complexity index is 806. The maximum atomic E-state index is 12.8. The molecule has 0 bridgehead atoms. The molecule has 0 spiro atoms. The zero-order chi connectivity index (χ0) is 20.1. The maximum Gasteiger partial charge on any atom is 0.324 e. The van der Waals surface area contributed by atoms with Crippen LogP contribution in [0.4, 0.5) is 10.5 Å². The fourth-order valence-corrected chi connectivity index (χ4v) is 3.77. The number of anilines is 1. The third kappa shape index (κ3) is 4.73. The molecular weight excluding hydrogens is 420 g/mol. The van der Waals surface area contributed by atoms with E-state index in [2.05, 4.69) is 15.9 Å². The maximum absolute atomic E-state index is 12.8. The predicted molar refractivity (Wildman–Crippen MR) is 115 cm³/mol. The van der Waals surface area contributed by atoms with Crippen molar-refractivity contribution in [2.75, 3.05) is 32.1 Å². The molecule has 1 aliphatic carbocycles. The molecule has 0 radical (unpaired) electrons. The second kappa shape index (κ2) is 9.24. The molecular formula is C22H25BrN2O3. The Morgan fingerprint density at radius 1 is 1.14 bits per heavy atom. The highest BCUT2D eigenvalue weighted by Crippen LogP contribution is 2.25. The van der Waals surface area contributed by atoms with Crippen molar-refractivity contribution in [2.45, 2.75) is 17.7 Å². The van der Waals surface area contributed by atoms with Crippen LogP contribution in [0, 0.1) is 5.92 Å². The summed E-state index contributed by atoms with van der Waals surface area (Å²) in [5, 5.41) is 0. The normalized spacial score (nSPS) is 19.8. The van der Waals surface area contributed by atoms with Crippen molar-refractivity contribution >= 4 is 33.4 Å². The van der Waals surface area contributed by atoms with E-state index < -0.39 is 0 Å². The second-order valence-corrected chi connectivity index (χ2v) is 8.03. The second-order valence-electron chi connectivity index (χ2n) is 6.98. The van der Waals surface area contributed by atoms with Gasteiger partial charge in [0.1, 0.15) is 5.75 Å². The topological polar surface area (TPSA) is 49.9 Å². The molecule has 3 rings (SSSR count). The first-order chi connectivity index (χ1) is 13.5. The Morgan fingerprint density at radius 2 is 1.82 bits per heavy atom. The van der Waals surface area contributed by atoms with Gasteiger partial charge in [0.15, 0.2) is 5.78 Å². The molecule has 28 heavy (non-hydrogen) atoms. The monoisotopic (exact) mass is 444 g/mol. The van der Waals surface area contributed by atoms with Crippen molar-refractivity contribution in [3.63, 3.8) is 0 Å². The molecule has 1 aromatic carbocycles. The van der Waals surface area contributed by atoms with Crippen LogP contribution in [0.3, 0.4) is 0 Å². The van der Waals surface area contributed by atoms with Crippen LogP contribution in [0.15, 0.2) is 60.2 Å². The van der Waals surface area contributed by atoms with E-state index in [4.69, 9.17) is 4.74 Å². The lowest BCUT2D eigenvalue weighted by molar-refractivity contribution is -0.120. The molecule has 1 unspecified atom stereocenters. The van der Waals surface area contributed by atoms with Gasteiger partial charge in [0, 0.05) is 37.3 Å². The minimum atomic E-state index is -0.0466. The molecule has 148 valence electrons. The molecule has 1 saturated heterocycles. The highest BCUT2D eigenvalue weighted by atomic mass is 79.9. The lowest BCUT2D eigenvalue weighted by atomic mass is 9.88. The number of piperidine rings is 1. The average Bonchev–Trinajstić information content (AvgIpc) is 2.96. The molecule has 1 aliphatic heterocycles. The van der Waals surface area contributed by atoms with Crippen LogP contribution in [0.5, 0.6) is 5.75 Å². The quantitative estimate of drug-likeness (QED) is 0.648. The number of carbonyl (C=O) groups is 2. The summed E-state index contributed by atoms with van der Waals surface area (Å²) in [6.45, 7) is 1.17. The van der Waals surface area contributed by atoms with Gasteiger partial charge in [-0.25, -0.2) is 4.79 Å². The number of ether oxygens (including phenoxy) is 1. The van der Waals surface area contributed by atoms with Gasteiger partial charge in [0.2, 0.25) is 0 Å². The standard InChI is InChI=1S/C22H25BrN2O3/c1-24(19-8-10-20(28-2)11-9-19)22(27)25-14-12-17(13-15-25)21(26)16-4-3-5-18(23)7-6-16/h3-11,17-18H,12-15H2,1-2H3. The number of urea groups is 1. The number of benzene rings is 1. The molecule has 5 nitrogen and oxygen atoms in total. The van der Waals surface area contributed by atoms with Crippen molar-refractivity contribution in [3.8, 4) is 5.75 Å². The number of allylic oxidation sites excluding steroid dienone is 6. The van der Waals surface area contributed by atoms with Gasteiger partial charge in [-0.2, -0.15) is 0 Å². The van der Waals surface area contributed by atoms with Crippen molar-refractivity contribution in [1.82, 2.24) is 4.90 Å². The molecule has 0 aromatic heterocycles. The van der Waals surface area contributed by atoms with Crippen molar-refractivity contribution in [3.05, 3.63) is 60.2 Å². The van der Waals surface area contributed by atoms with E-state index in [1.165, 1.54) is 0 Å². The van der Waals surface area contributed by atoms with Gasteiger partial charge in [-0.15, -0.1) is 0 Å². The van der Waals surface area contributed by atoms with Crippen LogP contribution >= 0.6 is 15.9 Å². The molecule has 1 atom stereocenters. The highest BCUT2D eigenvalue weighted by molar-refractivity contribution is 9.09. The van der Waals surface area contributed by atoms with Gasteiger partial charge < -0.3 is 9.64 Å². The van der Waals surface area contributed by atoms with E-state index in [9.17, 15) is 9.59 Å². The highest BCUT2D eigenvalue weighted by Gasteiger charge is 2.30. The first-order valence-electron chi connectivity index (χ1n) is 9.41. The third-order valence-corrected chi connectivity index (χ3v) is 5.81. The van der Waals surface area contributed by atoms with E-state index in [0.29, 0.717) is 25.9 Å². The zero-order valence-corrected chi connectivity index (χ0v) is 17.8. The van der Waals surface area contributed by atoms with Gasteiger partial charge in [-0.05, 0) is 37.1 Å². The number of Topliss-reactive ketones (excluding diaryl/α,β-unsaturated/α-hetero) is 1. The number of carbonyl (C=O) groups excluding carboxylic acids is 2. The SMILES string of the molecule is COc1ccc(N(C)C(=O)N2CCC(C(=O)C3=CC=CC(Br)C=C3)CC2)cc1. The minimum absolute atomic E-state index is 0.0356. The summed E-state index contributed by atoms with van der Waals surface area (Å²) in [5.41, 5.74) is 1.55. The molecule has 2 aliphatic rings. The summed E-state index contributed by atoms with van der Waals surface area (Å²) < 4.78 is 5.16. The number of likely N-dealkylation sites (tertiary alicyclic amines) is 1. The first kappa shape index (κ1) is 20.4. The fourth-order valence-electron chi connectivity index (χ4n) is 3.44. The molecule has 2 amide bonds. The number of nitrogens with zero attached hydrogens (tertiary/aromatic N) is 2. The summed E-state index contributed by atoms with van der Waals surface area (Å²) in [4.78, 5) is 29.2. The predicted octanol–water partition coefficient (Wildman–Crippen LogP) is 4.35. The number of hydrogen-bond acceptors (Lipinski definition) is 3. The van der Waals surface area contributed by atoms with E-state index in [-0.39, 0.29) is 22.6 Å². The summed E-state index contributed by atoms with van der Waals surface area (Å²) in [6.07, 6.45) is 11.0. The zero-order valence-electron chi connectivity index (χ0n) is 16.2. The molecule has 0 saturated carbocycles. The average molecular weight is 445 g/mol.